The molecule has 1 aliphatic heterocycles. The van der Waals surface area contributed by atoms with E-state index in [1.807, 2.05) is 0 Å². The van der Waals surface area contributed by atoms with Gasteiger partial charge in [0.2, 0.25) is 0 Å². The smallest absolute Gasteiger partial charge is 0.149 e. The number of nitrogens with zero attached hydrogens (tertiary/aromatic N) is 3. The lowest BCUT2D eigenvalue weighted by Gasteiger charge is -2.30. The lowest BCUT2D eigenvalue weighted by atomic mass is 9.87. The molecule has 0 aromatic carbocycles. The van der Waals surface area contributed by atoms with E-state index in [2.05, 4.69) is 33.9 Å². The summed E-state index contributed by atoms with van der Waals surface area (Å²) in [4.78, 5) is 0. The van der Waals surface area contributed by atoms with Crippen molar-refractivity contribution >= 4 is 0 Å². The first-order chi connectivity index (χ1) is 8.74. The van der Waals surface area contributed by atoms with Crippen LogP contribution >= 0.6 is 0 Å². The summed E-state index contributed by atoms with van der Waals surface area (Å²) in [5.74, 6) is 3.18. The van der Waals surface area contributed by atoms with Gasteiger partial charge in [-0.1, -0.05) is 19.8 Å². The van der Waals surface area contributed by atoms with Gasteiger partial charge in [-0.25, -0.2) is 0 Å². The highest BCUT2D eigenvalue weighted by atomic mass is 15.3. The van der Waals surface area contributed by atoms with Crippen LogP contribution < -0.4 is 5.32 Å². The van der Waals surface area contributed by atoms with Crippen LogP contribution in [0.2, 0.25) is 0 Å². The van der Waals surface area contributed by atoms with Crippen molar-refractivity contribution in [1.29, 1.82) is 0 Å². The summed E-state index contributed by atoms with van der Waals surface area (Å²) < 4.78 is 2.31. The van der Waals surface area contributed by atoms with Crippen LogP contribution in [0.1, 0.15) is 63.6 Å². The van der Waals surface area contributed by atoms with Gasteiger partial charge in [-0.15, -0.1) is 10.2 Å². The molecule has 1 aliphatic carbocycles. The number of rotatable bonds is 3. The first kappa shape index (κ1) is 12.2. The van der Waals surface area contributed by atoms with Crippen LogP contribution in [0.15, 0.2) is 0 Å². The fourth-order valence-electron chi connectivity index (χ4n) is 3.51. The van der Waals surface area contributed by atoms with Crippen molar-refractivity contribution in [3.8, 4) is 0 Å². The van der Waals surface area contributed by atoms with Crippen molar-refractivity contribution in [1.82, 2.24) is 20.1 Å². The molecule has 3 atom stereocenters. The van der Waals surface area contributed by atoms with E-state index in [9.17, 15) is 0 Å². The van der Waals surface area contributed by atoms with Crippen molar-refractivity contribution in [3.05, 3.63) is 11.6 Å². The average Bonchev–Trinajstić information content (AvgIpc) is 2.89. The van der Waals surface area contributed by atoms with Crippen LogP contribution in [0.3, 0.4) is 0 Å². The van der Waals surface area contributed by atoms with E-state index in [4.69, 9.17) is 0 Å². The highest BCUT2D eigenvalue weighted by Crippen LogP contribution is 2.26. The highest BCUT2D eigenvalue weighted by molar-refractivity contribution is 5.04. The molecule has 100 valence electrons. The molecule has 1 aromatic heterocycles. The summed E-state index contributed by atoms with van der Waals surface area (Å²) >= 11 is 0. The minimum absolute atomic E-state index is 0.333. The maximum atomic E-state index is 4.37. The summed E-state index contributed by atoms with van der Waals surface area (Å²) in [6, 6.07) is 0.998. The molecule has 1 fully saturated rings. The SMILES string of the molecule is CC1CCCC(NC(C)c2nnc3n2CCC3)C1. The predicted octanol–water partition coefficient (Wildman–Crippen LogP) is 2.45. The topological polar surface area (TPSA) is 42.7 Å². The van der Waals surface area contributed by atoms with Gasteiger partial charge < -0.3 is 9.88 Å². The van der Waals surface area contributed by atoms with Gasteiger partial charge in [0.25, 0.3) is 0 Å². The van der Waals surface area contributed by atoms with Crippen LogP contribution in [-0.2, 0) is 13.0 Å². The van der Waals surface area contributed by atoms with Crippen LogP contribution in [-0.4, -0.2) is 20.8 Å². The summed E-state index contributed by atoms with van der Waals surface area (Å²) in [7, 11) is 0. The summed E-state index contributed by atoms with van der Waals surface area (Å²) in [6.45, 7) is 5.70. The third-order valence-corrected chi connectivity index (χ3v) is 4.45. The zero-order valence-electron chi connectivity index (χ0n) is 11.5. The lowest BCUT2D eigenvalue weighted by Crippen LogP contribution is -2.36. The molecule has 1 N–H and O–H groups in total. The molecule has 1 aromatic rings. The van der Waals surface area contributed by atoms with Crippen molar-refractivity contribution in [2.75, 3.05) is 0 Å². The maximum absolute atomic E-state index is 4.37. The number of hydrogen-bond acceptors (Lipinski definition) is 3. The Labute approximate surface area is 109 Å². The molecule has 0 amide bonds. The molecule has 4 nitrogen and oxygen atoms in total. The Kier molecular flexibility index (Phi) is 3.37. The van der Waals surface area contributed by atoms with Crippen LogP contribution in [0.4, 0.5) is 0 Å². The predicted molar refractivity (Wildman–Crippen MR) is 71.3 cm³/mol. The normalized spacial score (nSPS) is 29.2. The molecule has 0 spiro atoms. The zero-order valence-corrected chi connectivity index (χ0v) is 11.5. The third-order valence-electron chi connectivity index (χ3n) is 4.45. The molecule has 2 aliphatic rings. The minimum Gasteiger partial charge on any atom is -0.314 e. The van der Waals surface area contributed by atoms with E-state index < -0.39 is 0 Å². The third kappa shape index (κ3) is 2.30. The van der Waals surface area contributed by atoms with Gasteiger partial charge in [0.05, 0.1) is 6.04 Å². The van der Waals surface area contributed by atoms with Crippen molar-refractivity contribution in [3.63, 3.8) is 0 Å². The molecule has 0 radical (unpaired) electrons. The molecule has 0 saturated heterocycles. The number of fused-ring (bicyclic) bond motifs is 1. The molecule has 3 unspecified atom stereocenters. The number of nitrogens with one attached hydrogen (secondary N) is 1. The first-order valence-electron chi connectivity index (χ1n) is 7.42. The Morgan fingerprint density at radius 1 is 1.28 bits per heavy atom. The van der Waals surface area contributed by atoms with Gasteiger partial charge in [-0.3, -0.25) is 0 Å². The summed E-state index contributed by atoms with van der Waals surface area (Å²) in [6.07, 6.45) is 7.71. The second kappa shape index (κ2) is 5.00. The van der Waals surface area contributed by atoms with Crippen LogP contribution in [0.25, 0.3) is 0 Å². The zero-order chi connectivity index (χ0) is 12.5. The van der Waals surface area contributed by atoms with Crippen molar-refractivity contribution < 1.29 is 0 Å². The Morgan fingerprint density at radius 2 is 2.17 bits per heavy atom. The van der Waals surface area contributed by atoms with E-state index in [1.54, 1.807) is 0 Å². The standard InChI is InChI=1S/C14H24N4/c1-10-5-3-6-12(9-10)15-11(2)14-17-16-13-7-4-8-18(13)14/h10-12,15H,3-9H2,1-2H3. The molecule has 0 bridgehead atoms. The monoisotopic (exact) mass is 248 g/mol. The lowest BCUT2D eigenvalue weighted by molar-refractivity contribution is 0.281. The fourth-order valence-corrected chi connectivity index (χ4v) is 3.51. The van der Waals surface area contributed by atoms with Crippen LogP contribution in [0.5, 0.6) is 0 Å². The first-order valence-corrected chi connectivity index (χ1v) is 7.42. The molecule has 3 rings (SSSR count). The molecule has 2 heterocycles. The van der Waals surface area contributed by atoms with Crippen molar-refractivity contribution in [2.45, 2.75) is 71.0 Å². The molecular formula is C14H24N4. The summed E-state index contributed by atoms with van der Waals surface area (Å²) in [5, 5.41) is 12.4. The quantitative estimate of drug-likeness (QED) is 0.893. The number of aromatic nitrogens is 3. The van der Waals surface area contributed by atoms with Crippen LogP contribution in [0, 0.1) is 5.92 Å². The average molecular weight is 248 g/mol. The Morgan fingerprint density at radius 3 is 3.00 bits per heavy atom. The van der Waals surface area contributed by atoms with E-state index in [-0.39, 0.29) is 0 Å². The minimum atomic E-state index is 0.333. The van der Waals surface area contributed by atoms with Crippen molar-refractivity contribution in [2.24, 2.45) is 5.92 Å². The van der Waals surface area contributed by atoms with Gasteiger partial charge in [-0.2, -0.15) is 0 Å². The second-order valence-corrected chi connectivity index (χ2v) is 6.09. The number of hydrogen-bond donors (Lipinski definition) is 1. The fraction of sp³-hybridized carbons (Fsp3) is 0.857. The van der Waals surface area contributed by atoms with E-state index >= 15 is 0 Å². The second-order valence-electron chi connectivity index (χ2n) is 6.09. The Hall–Kier alpha value is -0.900. The maximum Gasteiger partial charge on any atom is 0.149 e. The van der Waals surface area contributed by atoms with Gasteiger partial charge >= 0.3 is 0 Å². The Balaban J connectivity index is 1.65. The van der Waals surface area contributed by atoms with E-state index in [1.165, 1.54) is 37.9 Å². The molecule has 4 heteroatoms. The molecule has 1 saturated carbocycles. The molecule has 18 heavy (non-hydrogen) atoms. The highest BCUT2D eigenvalue weighted by Gasteiger charge is 2.25. The van der Waals surface area contributed by atoms with Gasteiger partial charge in [-0.05, 0) is 32.1 Å². The van der Waals surface area contributed by atoms with Gasteiger partial charge in [0.1, 0.15) is 11.6 Å². The van der Waals surface area contributed by atoms with Gasteiger partial charge in [0.15, 0.2) is 0 Å². The molecular weight excluding hydrogens is 224 g/mol. The Bertz CT molecular complexity index is 412. The van der Waals surface area contributed by atoms with E-state index in [0.29, 0.717) is 12.1 Å². The number of aryl methyl sites for hydroxylation is 1. The van der Waals surface area contributed by atoms with Gasteiger partial charge in [0, 0.05) is 19.0 Å². The summed E-state index contributed by atoms with van der Waals surface area (Å²) in [5.41, 5.74) is 0. The van der Waals surface area contributed by atoms with E-state index in [0.717, 1.165) is 24.7 Å². The largest absolute Gasteiger partial charge is 0.314 e.